The summed E-state index contributed by atoms with van der Waals surface area (Å²) in [5.41, 5.74) is 0. The third kappa shape index (κ3) is 5.79. The molecule has 118 valence electrons. The fraction of sp³-hybridized carbons (Fsp3) is 0.929. The van der Waals surface area contributed by atoms with Gasteiger partial charge in [0.25, 0.3) is 0 Å². The highest BCUT2D eigenvalue weighted by Gasteiger charge is 2.26. The van der Waals surface area contributed by atoms with E-state index in [1.165, 1.54) is 0 Å². The van der Waals surface area contributed by atoms with Crippen molar-refractivity contribution in [3.63, 3.8) is 0 Å². The maximum Gasteiger partial charge on any atom is 0.315 e. The minimum Gasteiger partial charge on any atom is -0.396 e. The molecule has 0 heterocycles. The van der Waals surface area contributed by atoms with Crippen molar-refractivity contribution >= 4 is 16.8 Å². The van der Waals surface area contributed by atoms with E-state index in [1.54, 1.807) is 0 Å². The number of hydrogen-bond donors (Lipinski definition) is 3. The van der Waals surface area contributed by atoms with E-state index in [1.807, 2.05) is 20.8 Å². The lowest BCUT2D eigenvalue weighted by Crippen LogP contribution is -2.48. The van der Waals surface area contributed by atoms with Gasteiger partial charge in [0.15, 0.2) is 0 Å². The largest absolute Gasteiger partial charge is 0.396 e. The van der Waals surface area contributed by atoms with Crippen LogP contribution in [0.4, 0.5) is 4.79 Å². The summed E-state index contributed by atoms with van der Waals surface area (Å²) in [6, 6.07) is -0.164. The maximum atomic E-state index is 11.8. The topological polar surface area (TPSA) is 78.4 Å². The van der Waals surface area contributed by atoms with Gasteiger partial charge in [-0.1, -0.05) is 12.8 Å². The molecule has 0 aliphatic heterocycles. The highest BCUT2D eigenvalue weighted by molar-refractivity contribution is 7.86. The van der Waals surface area contributed by atoms with Crippen LogP contribution in [0.5, 0.6) is 0 Å². The summed E-state index contributed by atoms with van der Waals surface area (Å²) in [5.74, 6) is 0.628. The van der Waals surface area contributed by atoms with E-state index in [2.05, 4.69) is 10.6 Å². The molecule has 1 fully saturated rings. The second-order valence-corrected chi connectivity index (χ2v) is 8.72. The molecule has 0 bridgehead atoms. The highest BCUT2D eigenvalue weighted by atomic mass is 32.2. The van der Waals surface area contributed by atoms with Crippen LogP contribution in [0.1, 0.15) is 46.5 Å². The molecule has 0 spiro atoms. The Kier molecular flexibility index (Phi) is 6.95. The standard InChI is InChI=1S/C14H28N2O3S/c1-14(2,3)20(19)9-8-15-13(18)16-12-7-5-4-6-11(12)10-17/h11-12,17H,4-10H2,1-3H3,(H2,15,16,18). The quantitative estimate of drug-likeness (QED) is 0.718. The van der Waals surface area contributed by atoms with Crippen LogP contribution in [0, 0.1) is 5.92 Å². The summed E-state index contributed by atoms with van der Waals surface area (Å²) in [5, 5.41) is 15.0. The number of aliphatic hydroxyl groups excluding tert-OH is 1. The number of rotatable bonds is 5. The SMILES string of the molecule is CC(C)(C)S(=O)CCNC(=O)NC1CCCCC1CO. The van der Waals surface area contributed by atoms with Crippen molar-refractivity contribution < 1.29 is 14.1 Å². The Hall–Kier alpha value is -0.620. The Morgan fingerprint density at radius 2 is 1.95 bits per heavy atom. The predicted octanol–water partition coefficient (Wildman–Crippen LogP) is 1.38. The Morgan fingerprint density at radius 1 is 1.30 bits per heavy atom. The molecular weight excluding hydrogens is 276 g/mol. The summed E-state index contributed by atoms with van der Waals surface area (Å²) in [7, 11) is -0.952. The van der Waals surface area contributed by atoms with Gasteiger partial charge in [-0.25, -0.2) is 4.79 Å². The fourth-order valence-electron chi connectivity index (χ4n) is 2.40. The van der Waals surface area contributed by atoms with Gasteiger partial charge in [0.05, 0.1) is 0 Å². The van der Waals surface area contributed by atoms with Crippen LogP contribution in [-0.2, 0) is 10.8 Å². The molecule has 1 aliphatic rings. The average molecular weight is 304 g/mol. The number of nitrogens with one attached hydrogen (secondary N) is 2. The van der Waals surface area contributed by atoms with E-state index < -0.39 is 10.8 Å². The smallest absolute Gasteiger partial charge is 0.315 e. The molecule has 1 rings (SSSR count). The first-order chi connectivity index (χ1) is 9.34. The Balaban J connectivity index is 2.28. The Bertz CT molecular complexity index is 342. The van der Waals surface area contributed by atoms with Gasteiger partial charge in [0.2, 0.25) is 0 Å². The number of urea groups is 1. The first kappa shape index (κ1) is 17.4. The molecule has 0 saturated heterocycles. The number of hydrogen-bond acceptors (Lipinski definition) is 3. The summed E-state index contributed by atoms with van der Waals surface area (Å²) in [4.78, 5) is 11.8. The van der Waals surface area contributed by atoms with Gasteiger partial charge in [-0.15, -0.1) is 0 Å². The van der Waals surface area contributed by atoms with Crippen molar-refractivity contribution in [3.05, 3.63) is 0 Å². The fourth-order valence-corrected chi connectivity index (χ4v) is 3.30. The lowest BCUT2D eigenvalue weighted by molar-refractivity contribution is 0.154. The second-order valence-electron chi connectivity index (χ2n) is 6.40. The normalized spacial score (nSPS) is 25.0. The molecule has 6 heteroatoms. The van der Waals surface area contributed by atoms with Crippen molar-refractivity contribution in [1.82, 2.24) is 10.6 Å². The van der Waals surface area contributed by atoms with Gasteiger partial charge in [-0.3, -0.25) is 4.21 Å². The third-order valence-electron chi connectivity index (χ3n) is 3.72. The monoisotopic (exact) mass is 304 g/mol. The molecule has 3 atom stereocenters. The molecular formula is C14H28N2O3S. The number of amides is 2. The zero-order valence-corrected chi connectivity index (χ0v) is 13.6. The molecule has 0 aromatic rings. The van der Waals surface area contributed by atoms with E-state index in [-0.39, 0.29) is 29.3 Å². The molecule has 20 heavy (non-hydrogen) atoms. The number of carbonyl (C=O) groups excluding carboxylic acids is 1. The molecule has 5 nitrogen and oxygen atoms in total. The minimum atomic E-state index is -0.952. The van der Waals surface area contributed by atoms with Crippen molar-refractivity contribution in [2.75, 3.05) is 18.9 Å². The van der Waals surface area contributed by atoms with Gasteiger partial charge in [0, 0.05) is 46.4 Å². The van der Waals surface area contributed by atoms with Crippen LogP contribution in [0.25, 0.3) is 0 Å². The molecule has 1 saturated carbocycles. The van der Waals surface area contributed by atoms with Gasteiger partial charge in [-0.2, -0.15) is 0 Å². The Labute approximate surface area is 124 Å². The van der Waals surface area contributed by atoms with Crippen LogP contribution in [0.3, 0.4) is 0 Å². The van der Waals surface area contributed by atoms with Crippen molar-refractivity contribution in [2.24, 2.45) is 5.92 Å². The zero-order valence-electron chi connectivity index (χ0n) is 12.8. The molecule has 0 aromatic carbocycles. The number of aliphatic hydroxyl groups is 1. The lowest BCUT2D eigenvalue weighted by Gasteiger charge is -2.30. The van der Waals surface area contributed by atoms with E-state index >= 15 is 0 Å². The van der Waals surface area contributed by atoms with Crippen molar-refractivity contribution in [2.45, 2.75) is 57.2 Å². The van der Waals surface area contributed by atoms with Gasteiger partial charge < -0.3 is 15.7 Å². The van der Waals surface area contributed by atoms with E-state index in [9.17, 15) is 14.1 Å². The number of carbonyl (C=O) groups is 1. The minimum absolute atomic E-state index is 0.0573. The zero-order chi connectivity index (χ0) is 15.2. The Morgan fingerprint density at radius 3 is 2.55 bits per heavy atom. The van der Waals surface area contributed by atoms with Crippen molar-refractivity contribution in [3.8, 4) is 0 Å². The molecule has 3 N–H and O–H groups in total. The van der Waals surface area contributed by atoms with E-state index in [0.717, 1.165) is 25.7 Å². The van der Waals surface area contributed by atoms with Gasteiger partial charge >= 0.3 is 6.03 Å². The van der Waals surface area contributed by atoms with E-state index in [0.29, 0.717) is 12.3 Å². The maximum absolute atomic E-state index is 11.8. The molecule has 3 unspecified atom stereocenters. The first-order valence-corrected chi connectivity index (χ1v) is 8.70. The van der Waals surface area contributed by atoms with Crippen LogP contribution < -0.4 is 10.6 Å². The second kappa shape index (κ2) is 7.98. The average Bonchev–Trinajstić information content (AvgIpc) is 2.38. The predicted molar refractivity (Wildman–Crippen MR) is 82.1 cm³/mol. The lowest BCUT2D eigenvalue weighted by atomic mass is 9.85. The van der Waals surface area contributed by atoms with Crippen molar-refractivity contribution in [1.29, 1.82) is 0 Å². The van der Waals surface area contributed by atoms with Crippen LogP contribution in [-0.4, -0.2) is 45.0 Å². The summed E-state index contributed by atoms with van der Waals surface area (Å²) in [6.45, 7) is 6.32. The molecule has 0 aromatic heterocycles. The third-order valence-corrected chi connectivity index (χ3v) is 5.66. The van der Waals surface area contributed by atoms with Crippen LogP contribution in [0.15, 0.2) is 0 Å². The molecule has 1 aliphatic carbocycles. The summed E-state index contributed by atoms with van der Waals surface area (Å²) in [6.07, 6.45) is 4.10. The molecule has 2 amide bonds. The van der Waals surface area contributed by atoms with Gasteiger partial charge in [0.1, 0.15) is 0 Å². The van der Waals surface area contributed by atoms with Crippen LogP contribution >= 0.6 is 0 Å². The summed E-state index contributed by atoms with van der Waals surface area (Å²) < 4.78 is 11.6. The summed E-state index contributed by atoms with van der Waals surface area (Å²) >= 11 is 0. The first-order valence-electron chi connectivity index (χ1n) is 7.38. The van der Waals surface area contributed by atoms with Crippen LogP contribution in [0.2, 0.25) is 0 Å². The highest BCUT2D eigenvalue weighted by Crippen LogP contribution is 2.23. The van der Waals surface area contributed by atoms with E-state index in [4.69, 9.17) is 0 Å². The van der Waals surface area contributed by atoms with Gasteiger partial charge in [-0.05, 0) is 33.6 Å². The molecule has 0 radical (unpaired) electrons.